The van der Waals surface area contributed by atoms with E-state index in [0.717, 1.165) is 24.8 Å². The predicted octanol–water partition coefficient (Wildman–Crippen LogP) is 5.00. The lowest BCUT2D eigenvalue weighted by atomic mass is 10.1. The molecule has 160 valence electrons. The Morgan fingerprint density at radius 2 is 1.80 bits per heavy atom. The van der Waals surface area contributed by atoms with E-state index in [9.17, 15) is 18.0 Å². The average Bonchev–Trinajstić information content (AvgIpc) is 2.68. The fraction of sp³-hybridized carbons (Fsp3) is 0.286. The van der Waals surface area contributed by atoms with E-state index >= 15 is 0 Å². The van der Waals surface area contributed by atoms with Gasteiger partial charge in [0.15, 0.2) is 6.29 Å². The van der Waals surface area contributed by atoms with Crippen LogP contribution in [0.25, 0.3) is 0 Å². The second-order valence-electron chi connectivity index (χ2n) is 6.54. The van der Waals surface area contributed by atoms with Gasteiger partial charge in [-0.05, 0) is 52.1 Å². The lowest BCUT2D eigenvalue weighted by Gasteiger charge is -2.17. The number of halogens is 3. The van der Waals surface area contributed by atoms with Gasteiger partial charge in [0.25, 0.3) is 0 Å². The number of nitrogens with zero attached hydrogens (tertiary/aromatic N) is 2. The Hall–Kier alpha value is -3.20. The molecule has 0 spiro atoms. The van der Waals surface area contributed by atoms with Crippen molar-refractivity contribution >= 4 is 29.2 Å². The molecule has 1 aliphatic heterocycles. The van der Waals surface area contributed by atoms with Gasteiger partial charge < -0.3 is 16.0 Å². The van der Waals surface area contributed by atoms with Crippen LogP contribution < -0.4 is 16.0 Å². The molecule has 0 radical (unpaired) electrons. The van der Waals surface area contributed by atoms with E-state index in [1.54, 1.807) is 12.1 Å². The number of carbonyl (C=O) groups excluding carboxylic acids is 1. The van der Waals surface area contributed by atoms with Crippen LogP contribution in [-0.4, -0.2) is 31.1 Å². The minimum atomic E-state index is -4.59. The number of benzene rings is 1. The molecule has 30 heavy (non-hydrogen) atoms. The number of hydrogen-bond acceptors (Lipinski definition) is 6. The zero-order valence-corrected chi connectivity index (χ0v) is 17.0. The summed E-state index contributed by atoms with van der Waals surface area (Å²) in [5, 5.41) is 8.38. The molecule has 9 heteroatoms. The molecule has 0 amide bonds. The summed E-state index contributed by atoms with van der Waals surface area (Å²) < 4.78 is 40.1. The minimum Gasteiger partial charge on any atom is -0.354 e. The maximum Gasteiger partial charge on any atom is 0.419 e. The summed E-state index contributed by atoms with van der Waals surface area (Å²) in [7, 11) is 3.75. The summed E-state index contributed by atoms with van der Waals surface area (Å²) in [6.07, 6.45) is 0.259. The van der Waals surface area contributed by atoms with Crippen LogP contribution in [0.5, 0.6) is 0 Å². The average molecular weight is 419 g/mol. The van der Waals surface area contributed by atoms with Crippen LogP contribution in [0.1, 0.15) is 35.7 Å². The van der Waals surface area contributed by atoms with E-state index in [2.05, 4.69) is 25.9 Å². The van der Waals surface area contributed by atoms with Gasteiger partial charge in [0, 0.05) is 29.2 Å². The Morgan fingerprint density at radius 1 is 1.10 bits per heavy atom. The van der Waals surface area contributed by atoms with E-state index in [1.165, 1.54) is 18.2 Å². The molecule has 0 fully saturated rings. The first-order valence-corrected chi connectivity index (χ1v) is 9.26. The maximum absolute atomic E-state index is 13.4. The van der Waals surface area contributed by atoms with Crippen molar-refractivity contribution in [3.63, 3.8) is 0 Å². The molecule has 3 N–H and O–H groups in total. The minimum absolute atomic E-state index is 0.202. The first-order valence-electron chi connectivity index (χ1n) is 9.26. The highest BCUT2D eigenvalue weighted by atomic mass is 19.4. The van der Waals surface area contributed by atoms with Gasteiger partial charge in [0.05, 0.1) is 11.3 Å². The molecule has 1 aliphatic rings. The number of carbonyl (C=O) groups is 1. The highest BCUT2D eigenvalue weighted by molar-refractivity contribution is 5.86. The Balaban J connectivity index is 0.00000101. The lowest BCUT2D eigenvalue weighted by Crippen LogP contribution is -2.12. The Kier molecular flexibility index (Phi) is 8.11. The maximum atomic E-state index is 13.4. The van der Waals surface area contributed by atoms with E-state index in [0.29, 0.717) is 12.1 Å². The molecule has 6 nitrogen and oxygen atoms in total. The Morgan fingerprint density at radius 3 is 2.43 bits per heavy atom. The van der Waals surface area contributed by atoms with Crippen molar-refractivity contribution in [1.82, 2.24) is 10.3 Å². The van der Waals surface area contributed by atoms with Gasteiger partial charge in [-0.25, -0.2) is 9.98 Å². The molecule has 0 unspecified atom stereocenters. The van der Waals surface area contributed by atoms with Gasteiger partial charge in [0.2, 0.25) is 0 Å². The van der Waals surface area contributed by atoms with Crippen molar-refractivity contribution in [2.24, 2.45) is 4.99 Å². The number of aldehydes is 1. The van der Waals surface area contributed by atoms with Crippen molar-refractivity contribution in [2.75, 3.05) is 24.7 Å². The van der Waals surface area contributed by atoms with Crippen LogP contribution in [0, 0.1) is 0 Å². The van der Waals surface area contributed by atoms with Crippen LogP contribution in [0.15, 0.2) is 53.4 Å². The highest BCUT2D eigenvalue weighted by Crippen LogP contribution is 2.37. The third-order valence-electron chi connectivity index (χ3n) is 3.98. The van der Waals surface area contributed by atoms with Crippen molar-refractivity contribution in [3.8, 4) is 0 Å². The third-order valence-corrected chi connectivity index (χ3v) is 3.98. The number of aliphatic imine (C=N–C) groups is 1. The molecule has 0 saturated carbocycles. The quantitative estimate of drug-likeness (QED) is 0.595. The van der Waals surface area contributed by atoms with Gasteiger partial charge in [-0.3, -0.25) is 4.79 Å². The molecule has 0 atom stereocenters. The molecule has 1 aromatic carbocycles. The van der Waals surface area contributed by atoms with Gasteiger partial charge >= 0.3 is 6.18 Å². The molecular weight excluding hydrogens is 395 g/mol. The summed E-state index contributed by atoms with van der Waals surface area (Å²) in [5.74, 6) is 0.768. The fourth-order valence-electron chi connectivity index (χ4n) is 2.65. The topological polar surface area (TPSA) is 78.4 Å². The zero-order valence-electron chi connectivity index (χ0n) is 17.0. The van der Waals surface area contributed by atoms with Crippen molar-refractivity contribution in [1.29, 1.82) is 0 Å². The highest BCUT2D eigenvalue weighted by Gasteiger charge is 2.34. The largest absolute Gasteiger partial charge is 0.419 e. The number of allylic oxidation sites excluding steroid dienone is 1. The number of aromatic nitrogens is 1. The lowest BCUT2D eigenvalue weighted by molar-refractivity contribution is -0.137. The van der Waals surface area contributed by atoms with Gasteiger partial charge in [-0.2, -0.15) is 13.2 Å². The summed E-state index contributed by atoms with van der Waals surface area (Å²) in [5.41, 5.74) is 0.343. The fourth-order valence-corrected chi connectivity index (χ4v) is 2.65. The number of alkyl halides is 3. The van der Waals surface area contributed by atoms with Crippen LogP contribution in [0.4, 0.5) is 30.4 Å². The first kappa shape index (κ1) is 23.1. The first-order chi connectivity index (χ1) is 14.3. The van der Waals surface area contributed by atoms with E-state index in [4.69, 9.17) is 0 Å². The third kappa shape index (κ3) is 6.41. The standard InChI is InChI=1S/C19H17F3N4O.C2H7N/c1-12-5-4-8-17(24-12)26-18-9-16(14(10-23-18)19(20,21)22)25-15-7-3-2-6-13(15)11-27;1-3-2/h2-3,6-11H,4-5H2,1H3,(H2,23,25,26);3H,1-2H3. The number of para-hydroxylation sites is 1. The molecule has 1 aromatic heterocycles. The number of hydrogen-bond donors (Lipinski definition) is 3. The van der Waals surface area contributed by atoms with Gasteiger partial charge in [-0.15, -0.1) is 0 Å². The summed E-state index contributed by atoms with van der Waals surface area (Å²) >= 11 is 0. The molecular formula is C21H24F3N5O. The number of anilines is 3. The van der Waals surface area contributed by atoms with E-state index in [1.807, 2.05) is 27.1 Å². The molecule has 0 saturated heterocycles. The Bertz CT molecular complexity index is 938. The van der Waals surface area contributed by atoms with Crippen molar-refractivity contribution in [2.45, 2.75) is 25.9 Å². The zero-order chi connectivity index (χ0) is 22.1. The van der Waals surface area contributed by atoms with Crippen molar-refractivity contribution < 1.29 is 18.0 Å². The summed E-state index contributed by atoms with van der Waals surface area (Å²) in [6.45, 7) is 1.89. The number of rotatable bonds is 5. The van der Waals surface area contributed by atoms with Crippen molar-refractivity contribution in [3.05, 3.63) is 59.6 Å². The molecule has 0 bridgehead atoms. The van der Waals surface area contributed by atoms with Gasteiger partial charge in [-0.1, -0.05) is 12.1 Å². The second-order valence-corrected chi connectivity index (χ2v) is 6.54. The number of pyridine rings is 1. The normalized spacial score (nSPS) is 13.4. The second kappa shape index (κ2) is 10.5. The SMILES string of the molecule is CC1=NC(Nc2cc(Nc3ccccc3C=O)c(C(F)(F)F)cn2)=CCC1.CNC. The molecule has 2 aromatic rings. The van der Waals surface area contributed by atoms with Crippen LogP contribution in [0.3, 0.4) is 0 Å². The van der Waals surface area contributed by atoms with Crippen LogP contribution in [-0.2, 0) is 6.18 Å². The molecule has 2 heterocycles. The smallest absolute Gasteiger partial charge is 0.354 e. The van der Waals surface area contributed by atoms with Crippen LogP contribution in [0.2, 0.25) is 0 Å². The summed E-state index contributed by atoms with van der Waals surface area (Å²) in [4.78, 5) is 19.3. The Labute approximate surface area is 173 Å². The van der Waals surface area contributed by atoms with Gasteiger partial charge in [0.1, 0.15) is 11.6 Å². The molecule has 3 rings (SSSR count). The number of nitrogens with one attached hydrogen (secondary N) is 3. The molecule has 0 aliphatic carbocycles. The van der Waals surface area contributed by atoms with E-state index < -0.39 is 11.7 Å². The monoisotopic (exact) mass is 419 g/mol. The van der Waals surface area contributed by atoms with E-state index in [-0.39, 0.29) is 22.8 Å². The van der Waals surface area contributed by atoms with Crippen LogP contribution >= 0.6 is 0 Å². The summed E-state index contributed by atoms with van der Waals surface area (Å²) in [6, 6.07) is 7.58. The predicted molar refractivity (Wildman–Crippen MR) is 113 cm³/mol.